The Labute approximate surface area is 108 Å². The monoisotopic (exact) mass is 256 g/mol. The molecule has 0 amide bonds. The Kier molecular flexibility index (Phi) is 3.64. The van der Waals surface area contributed by atoms with Gasteiger partial charge in [-0.15, -0.1) is 11.6 Å². The SMILES string of the molecule is Cc1nn(C)c(N2CCC(N(C)C)C2)c1CCl. The number of anilines is 1. The minimum Gasteiger partial charge on any atom is -0.355 e. The van der Waals surface area contributed by atoms with E-state index in [1.165, 1.54) is 17.8 Å². The lowest BCUT2D eigenvalue weighted by Crippen LogP contribution is -2.32. The quantitative estimate of drug-likeness (QED) is 0.768. The van der Waals surface area contributed by atoms with Gasteiger partial charge < -0.3 is 9.80 Å². The van der Waals surface area contributed by atoms with E-state index in [1.807, 2.05) is 18.7 Å². The zero-order valence-corrected chi connectivity index (χ0v) is 11.8. The van der Waals surface area contributed by atoms with Crippen LogP contribution in [0.2, 0.25) is 0 Å². The van der Waals surface area contributed by atoms with Crippen molar-refractivity contribution in [2.24, 2.45) is 7.05 Å². The number of nitrogens with zero attached hydrogens (tertiary/aromatic N) is 4. The number of alkyl halides is 1. The molecule has 1 aromatic heterocycles. The summed E-state index contributed by atoms with van der Waals surface area (Å²) in [7, 11) is 6.29. The molecule has 0 aromatic carbocycles. The van der Waals surface area contributed by atoms with E-state index in [1.54, 1.807) is 0 Å². The molecule has 17 heavy (non-hydrogen) atoms. The third-order valence-electron chi connectivity index (χ3n) is 3.64. The smallest absolute Gasteiger partial charge is 0.131 e. The number of hydrogen-bond donors (Lipinski definition) is 0. The molecule has 0 saturated carbocycles. The van der Waals surface area contributed by atoms with E-state index in [0.717, 1.165) is 18.8 Å². The lowest BCUT2D eigenvalue weighted by Gasteiger charge is -2.22. The fraction of sp³-hybridized carbons (Fsp3) is 0.750. The minimum atomic E-state index is 0.540. The first-order valence-electron chi connectivity index (χ1n) is 6.04. The molecule has 1 fully saturated rings. The number of hydrogen-bond acceptors (Lipinski definition) is 3. The second-order valence-electron chi connectivity index (χ2n) is 5.00. The van der Waals surface area contributed by atoms with Crippen molar-refractivity contribution in [1.82, 2.24) is 14.7 Å². The minimum absolute atomic E-state index is 0.540. The van der Waals surface area contributed by atoms with Crippen LogP contribution in [0.4, 0.5) is 5.82 Å². The molecule has 1 saturated heterocycles. The van der Waals surface area contributed by atoms with Crippen LogP contribution in [0.25, 0.3) is 0 Å². The van der Waals surface area contributed by atoms with Gasteiger partial charge in [0.1, 0.15) is 5.82 Å². The van der Waals surface area contributed by atoms with Crippen molar-refractivity contribution < 1.29 is 0 Å². The average Bonchev–Trinajstić information content (AvgIpc) is 2.82. The maximum Gasteiger partial charge on any atom is 0.131 e. The molecule has 0 radical (unpaired) electrons. The molecule has 2 rings (SSSR count). The van der Waals surface area contributed by atoms with Crippen LogP contribution in [-0.4, -0.2) is 47.9 Å². The molecule has 0 aliphatic carbocycles. The third-order valence-corrected chi connectivity index (χ3v) is 3.91. The Morgan fingerprint density at radius 3 is 2.71 bits per heavy atom. The zero-order valence-electron chi connectivity index (χ0n) is 11.1. The number of likely N-dealkylation sites (N-methyl/N-ethyl adjacent to an activating group) is 1. The summed E-state index contributed by atoms with van der Waals surface area (Å²) >= 11 is 6.04. The summed E-state index contributed by atoms with van der Waals surface area (Å²) in [6.07, 6.45) is 1.21. The molecule has 96 valence electrons. The van der Waals surface area contributed by atoms with Gasteiger partial charge in [0.15, 0.2) is 0 Å². The molecular weight excluding hydrogens is 236 g/mol. The highest BCUT2D eigenvalue weighted by atomic mass is 35.5. The lowest BCUT2D eigenvalue weighted by atomic mass is 10.2. The Bertz CT molecular complexity index is 399. The highest BCUT2D eigenvalue weighted by Gasteiger charge is 2.28. The number of aromatic nitrogens is 2. The van der Waals surface area contributed by atoms with Gasteiger partial charge in [-0.05, 0) is 27.4 Å². The van der Waals surface area contributed by atoms with Crippen LogP contribution in [0, 0.1) is 6.92 Å². The van der Waals surface area contributed by atoms with E-state index in [-0.39, 0.29) is 0 Å². The van der Waals surface area contributed by atoms with Gasteiger partial charge in [0.05, 0.1) is 11.6 Å². The maximum absolute atomic E-state index is 6.04. The summed E-state index contributed by atoms with van der Waals surface area (Å²) in [5, 5.41) is 4.47. The summed E-state index contributed by atoms with van der Waals surface area (Å²) in [6.45, 7) is 4.18. The number of aryl methyl sites for hydroxylation is 2. The first kappa shape index (κ1) is 12.7. The fourth-order valence-corrected chi connectivity index (χ4v) is 2.91. The van der Waals surface area contributed by atoms with E-state index in [4.69, 9.17) is 11.6 Å². The van der Waals surface area contributed by atoms with Crippen LogP contribution in [-0.2, 0) is 12.9 Å². The molecule has 2 heterocycles. The van der Waals surface area contributed by atoms with Crippen LogP contribution in [0.1, 0.15) is 17.7 Å². The Morgan fingerprint density at radius 2 is 2.18 bits per heavy atom. The molecule has 5 heteroatoms. The summed E-state index contributed by atoms with van der Waals surface area (Å²) < 4.78 is 1.96. The Balaban J connectivity index is 2.24. The maximum atomic E-state index is 6.04. The highest BCUT2D eigenvalue weighted by molar-refractivity contribution is 6.17. The normalized spacial score (nSPS) is 20.6. The molecule has 0 N–H and O–H groups in total. The first-order valence-corrected chi connectivity index (χ1v) is 6.57. The number of rotatable bonds is 3. The van der Waals surface area contributed by atoms with Crippen LogP contribution < -0.4 is 4.90 Å². The Hall–Kier alpha value is -0.740. The second-order valence-corrected chi connectivity index (χ2v) is 5.26. The molecule has 1 atom stereocenters. The van der Waals surface area contributed by atoms with E-state index >= 15 is 0 Å². The first-order chi connectivity index (χ1) is 8.04. The molecule has 1 aliphatic rings. The van der Waals surface area contributed by atoms with Gasteiger partial charge >= 0.3 is 0 Å². The Morgan fingerprint density at radius 1 is 1.47 bits per heavy atom. The van der Waals surface area contributed by atoms with Gasteiger partial charge in [0.2, 0.25) is 0 Å². The molecule has 1 aliphatic heterocycles. The lowest BCUT2D eigenvalue weighted by molar-refractivity contribution is 0.315. The van der Waals surface area contributed by atoms with Crippen LogP contribution in [0.5, 0.6) is 0 Å². The van der Waals surface area contributed by atoms with Crippen molar-refractivity contribution in [2.75, 3.05) is 32.1 Å². The molecule has 0 spiro atoms. The van der Waals surface area contributed by atoms with E-state index in [2.05, 4.69) is 29.0 Å². The molecular formula is C12H21ClN4. The van der Waals surface area contributed by atoms with Crippen molar-refractivity contribution in [3.8, 4) is 0 Å². The van der Waals surface area contributed by atoms with Gasteiger partial charge in [-0.2, -0.15) is 5.10 Å². The van der Waals surface area contributed by atoms with Crippen molar-refractivity contribution in [3.05, 3.63) is 11.3 Å². The van der Waals surface area contributed by atoms with Crippen LogP contribution >= 0.6 is 11.6 Å². The summed E-state index contributed by atoms with van der Waals surface area (Å²) in [5.41, 5.74) is 2.22. The van der Waals surface area contributed by atoms with Gasteiger partial charge in [0, 0.05) is 31.7 Å². The van der Waals surface area contributed by atoms with E-state index in [9.17, 15) is 0 Å². The van der Waals surface area contributed by atoms with Crippen molar-refractivity contribution in [3.63, 3.8) is 0 Å². The standard InChI is InChI=1S/C12H21ClN4/c1-9-11(7-13)12(16(4)14-9)17-6-5-10(8-17)15(2)3/h10H,5-8H2,1-4H3. The summed E-state index contributed by atoms with van der Waals surface area (Å²) in [5.74, 6) is 1.74. The van der Waals surface area contributed by atoms with Crippen LogP contribution in [0.15, 0.2) is 0 Å². The molecule has 1 aromatic rings. The van der Waals surface area contributed by atoms with Gasteiger partial charge in [0.25, 0.3) is 0 Å². The average molecular weight is 257 g/mol. The van der Waals surface area contributed by atoms with Crippen molar-refractivity contribution >= 4 is 17.4 Å². The van der Waals surface area contributed by atoms with E-state index < -0.39 is 0 Å². The van der Waals surface area contributed by atoms with Gasteiger partial charge in [-0.25, -0.2) is 0 Å². The van der Waals surface area contributed by atoms with Crippen molar-refractivity contribution in [2.45, 2.75) is 25.3 Å². The molecule has 0 bridgehead atoms. The van der Waals surface area contributed by atoms with Gasteiger partial charge in [-0.1, -0.05) is 0 Å². The van der Waals surface area contributed by atoms with Crippen LogP contribution in [0.3, 0.4) is 0 Å². The molecule has 4 nitrogen and oxygen atoms in total. The summed E-state index contributed by atoms with van der Waals surface area (Å²) in [4.78, 5) is 4.70. The van der Waals surface area contributed by atoms with Crippen molar-refractivity contribution in [1.29, 1.82) is 0 Å². The highest BCUT2D eigenvalue weighted by Crippen LogP contribution is 2.28. The predicted octanol–water partition coefficient (Wildman–Crippen LogP) is 1.61. The zero-order chi connectivity index (χ0) is 12.6. The fourth-order valence-electron chi connectivity index (χ4n) is 2.60. The largest absolute Gasteiger partial charge is 0.355 e. The summed E-state index contributed by atoms with van der Waals surface area (Å²) in [6, 6.07) is 0.633. The topological polar surface area (TPSA) is 24.3 Å². The number of halogens is 1. The van der Waals surface area contributed by atoms with E-state index in [0.29, 0.717) is 11.9 Å². The van der Waals surface area contributed by atoms with Gasteiger partial charge in [-0.3, -0.25) is 4.68 Å². The third kappa shape index (κ3) is 2.29. The predicted molar refractivity (Wildman–Crippen MR) is 71.8 cm³/mol. The molecule has 1 unspecified atom stereocenters. The second kappa shape index (κ2) is 4.86.